The van der Waals surface area contributed by atoms with E-state index in [0.29, 0.717) is 24.8 Å². The molecule has 25 heavy (non-hydrogen) atoms. The van der Waals surface area contributed by atoms with Gasteiger partial charge in [0.25, 0.3) is 5.91 Å². The van der Waals surface area contributed by atoms with E-state index >= 15 is 0 Å². The number of hydrogen-bond acceptors (Lipinski definition) is 5. The summed E-state index contributed by atoms with van der Waals surface area (Å²) < 4.78 is 10.5. The molecule has 1 aliphatic heterocycles. The van der Waals surface area contributed by atoms with Crippen molar-refractivity contribution in [3.05, 3.63) is 29.8 Å². The van der Waals surface area contributed by atoms with Gasteiger partial charge >= 0.3 is 0 Å². The molecule has 138 valence electrons. The quantitative estimate of drug-likeness (QED) is 0.730. The summed E-state index contributed by atoms with van der Waals surface area (Å²) in [5.74, 6) is 0.693. The SMILES string of the molecule is COCCOc1ccc(C(=O)N[C@@H]2CCC[C@@H]2N2CCC(O)C2)cc1. The highest BCUT2D eigenvalue weighted by molar-refractivity contribution is 5.94. The number of ether oxygens (including phenoxy) is 2. The fraction of sp³-hybridized carbons (Fsp3) is 0.632. The number of carbonyl (C=O) groups excluding carboxylic acids is 1. The Morgan fingerprint density at radius 1 is 1.24 bits per heavy atom. The van der Waals surface area contributed by atoms with E-state index in [-0.39, 0.29) is 18.1 Å². The predicted molar refractivity (Wildman–Crippen MR) is 94.9 cm³/mol. The fourth-order valence-corrected chi connectivity index (χ4v) is 3.81. The standard InChI is InChI=1S/C19H28N2O4/c1-24-11-12-25-16-7-5-14(6-8-16)19(23)20-17-3-2-4-18(17)21-10-9-15(22)13-21/h5-8,15,17-18,22H,2-4,9-13H2,1H3,(H,20,23)/t15?,17-,18+/m1/s1. The molecule has 1 aliphatic carbocycles. The van der Waals surface area contributed by atoms with Gasteiger partial charge in [-0.1, -0.05) is 0 Å². The topological polar surface area (TPSA) is 71.0 Å². The van der Waals surface area contributed by atoms with Gasteiger partial charge in [-0.3, -0.25) is 9.69 Å². The van der Waals surface area contributed by atoms with E-state index in [1.54, 1.807) is 19.2 Å². The summed E-state index contributed by atoms with van der Waals surface area (Å²) in [4.78, 5) is 14.9. The Hall–Kier alpha value is -1.63. The summed E-state index contributed by atoms with van der Waals surface area (Å²) >= 11 is 0. The number of hydrogen-bond donors (Lipinski definition) is 2. The summed E-state index contributed by atoms with van der Waals surface area (Å²) in [7, 11) is 1.63. The highest BCUT2D eigenvalue weighted by Gasteiger charge is 2.36. The van der Waals surface area contributed by atoms with Gasteiger partial charge in [0.1, 0.15) is 12.4 Å². The van der Waals surface area contributed by atoms with Crippen molar-refractivity contribution in [3.8, 4) is 5.75 Å². The molecule has 3 rings (SSSR count). The smallest absolute Gasteiger partial charge is 0.251 e. The number of rotatable bonds is 7. The van der Waals surface area contributed by atoms with E-state index in [4.69, 9.17) is 9.47 Å². The molecule has 1 aromatic carbocycles. The van der Waals surface area contributed by atoms with Crippen LogP contribution in [0.25, 0.3) is 0 Å². The highest BCUT2D eigenvalue weighted by Crippen LogP contribution is 2.27. The molecule has 0 radical (unpaired) electrons. The molecule has 0 aromatic heterocycles. The number of aliphatic hydroxyl groups is 1. The first-order valence-electron chi connectivity index (χ1n) is 9.12. The summed E-state index contributed by atoms with van der Waals surface area (Å²) in [6.07, 6.45) is 3.82. The van der Waals surface area contributed by atoms with Gasteiger partial charge in [0.05, 0.1) is 12.7 Å². The maximum Gasteiger partial charge on any atom is 0.251 e. The lowest BCUT2D eigenvalue weighted by Gasteiger charge is -2.29. The monoisotopic (exact) mass is 348 g/mol. The van der Waals surface area contributed by atoms with E-state index in [2.05, 4.69) is 10.2 Å². The summed E-state index contributed by atoms with van der Waals surface area (Å²) in [6, 6.07) is 7.72. The van der Waals surface area contributed by atoms with E-state index < -0.39 is 0 Å². The average molecular weight is 348 g/mol. The largest absolute Gasteiger partial charge is 0.491 e. The molecule has 3 atom stereocenters. The van der Waals surface area contributed by atoms with E-state index in [0.717, 1.165) is 44.5 Å². The number of β-amino-alcohol motifs (C(OH)–C–C–N with tert-alkyl or cyclic N) is 1. The van der Waals surface area contributed by atoms with Gasteiger partial charge in [0, 0.05) is 37.8 Å². The maximum atomic E-state index is 12.6. The molecule has 1 saturated carbocycles. The first-order valence-corrected chi connectivity index (χ1v) is 9.12. The highest BCUT2D eigenvalue weighted by atomic mass is 16.5. The van der Waals surface area contributed by atoms with Crippen LogP contribution in [-0.4, -0.2) is 67.5 Å². The van der Waals surface area contributed by atoms with Crippen LogP contribution in [0.3, 0.4) is 0 Å². The molecule has 0 bridgehead atoms. The molecule has 1 aromatic rings. The molecule has 0 spiro atoms. The van der Waals surface area contributed by atoms with Gasteiger partial charge in [-0.15, -0.1) is 0 Å². The van der Waals surface area contributed by atoms with Gasteiger partial charge in [0.15, 0.2) is 0 Å². The summed E-state index contributed by atoms with van der Waals surface area (Å²) in [5, 5.41) is 12.9. The number of amides is 1. The van der Waals surface area contributed by atoms with Crippen LogP contribution in [0.2, 0.25) is 0 Å². The van der Waals surface area contributed by atoms with Crippen LogP contribution in [0, 0.1) is 0 Å². The first kappa shape index (κ1) is 18.2. The van der Waals surface area contributed by atoms with Gasteiger partial charge in [-0.05, 0) is 49.9 Å². The Bertz CT molecular complexity index is 563. The number of nitrogens with zero attached hydrogens (tertiary/aromatic N) is 1. The summed E-state index contributed by atoms with van der Waals surface area (Å²) in [5.41, 5.74) is 0.645. The third-order valence-corrected chi connectivity index (χ3v) is 5.13. The zero-order valence-corrected chi connectivity index (χ0v) is 14.8. The van der Waals surface area contributed by atoms with Crippen molar-refractivity contribution in [2.45, 2.75) is 43.9 Å². The van der Waals surface area contributed by atoms with Crippen LogP contribution in [0.15, 0.2) is 24.3 Å². The number of benzene rings is 1. The molecular weight excluding hydrogens is 320 g/mol. The fourth-order valence-electron chi connectivity index (χ4n) is 3.81. The van der Waals surface area contributed by atoms with Crippen molar-refractivity contribution in [2.75, 3.05) is 33.4 Å². The third kappa shape index (κ3) is 4.71. The molecule has 2 aliphatic rings. The third-order valence-electron chi connectivity index (χ3n) is 5.13. The van der Waals surface area contributed by atoms with E-state index in [1.165, 1.54) is 0 Å². The molecule has 6 heteroatoms. The van der Waals surface area contributed by atoms with Gasteiger partial charge in [-0.2, -0.15) is 0 Å². The zero-order valence-electron chi connectivity index (χ0n) is 14.8. The number of likely N-dealkylation sites (tertiary alicyclic amines) is 1. The van der Waals surface area contributed by atoms with Gasteiger partial charge in [0.2, 0.25) is 0 Å². The Morgan fingerprint density at radius 2 is 2.04 bits per heavy atom. The van der Waals surface area contributed by atoms with Crippen molar-refractivity contribution in [3.63, 3.8) is 0 Å². The van der Waals surface area contributed by atoms with Crippen molar-refractivity contribution in [1.29, 1.82) is 0 Å². The van der Waals surface area contributed by atoms with E-state index in [1.807, 2.05) is 12.1 Å². The zero-order chi connectivity index (χ0) is 17.6. The Morgan fingerprint density at radius 3 is 2.72 bits per heavy atom. The van der Waals surface area contributed by atoms with Crippen LogP contribution >= 0.6 is 0 Å². The molecule has 1 unspecified atom stereocenters. The molecule has 1 saturated heterocycles. The summed E-state index contributed by atoms with van der Waals surface area (Å²) in [6.45, 7) is 2.68. The second kappa shape index (κ2) is 8.65. The molecule has 6 nitrogen and oxygen atoms in total. The van der Waals surface area contributed by atoms with Gasteiger partial charge in [-0.25, -0.2) is 0 Å². The number of aliphatic hydroxyl groups excluding tert-OH is 1. The normalized spacial score (nSPS) is 26.7. The van der Waals surface area contributed by atoms with Crippen molar-refractivity contribution in [2.24, 2.45) is 0 Å². The Kier molecular flexibility index (Phi) is 6.29. The molecular formula is C19H28N2O4. The lowest BCUT2D eigenvalue weighted by Crippen LogP contribution is -2.48. The second-order valence-corrected chi connectivity index (χ2v) is 6.88. The minimum atomic E-state index is -0.220. The average Bonchev–Trinajstić information content (AvgIpc) is 3.24. The number of carbonyl (C=O) groups is 1. The predicted octanol–water partition coefficient (Wildman–Crippen LogP) is 1.43. The van der Waals surface area contributed by atoms with Crippen LogP contribution in [0.5, 0.6) is 5.75 Å². The molecule has 2 fully saturated rings. The number of nitrogens with one attached hydrogen (secondary N) is 1. The van der Waals surface area contributed by atoms with Crippen molar-refractivity contribution >= 4 is 5.91 Å². The molecule has 1 heterocycles. The number of methoxy groups -OCH3 is 1. The van der Waals surface area contributed by atoms with Crippen LogP contribution in [0.4, 0.5) is 0 Å². The van der Waals surface area contributed by atoms with E-state index in [9.17, 15) is 9.90 Å². The van der Waals surface area contributed by atoms with Crippen molar-refractivity contribution < 1.29 is 19.4 Å². The van der Waals surface area contributed by atoms with Gasteiger partial charge < -0.3 is 19.9 Å². The molecule has 2 N–H and O–H groups in total. The lowest BCUT2D eigenvalue weighted by molar-refractivity contribution is 0.0905. The Labute approximate surface area is 149 Å². The lowest BCUT2D eigenvalue weighted by atomic mass is 10.1. The van der Waals surface area contributed by atoms with Crippen LogP contribution in [-0.2, 0) is 4.74 Å². The van der Waals surface area contributed by atoms with Crippen LogP contribution in [0.1, 0.15) is 36.0 Å². The van der Waals surface area contributed by atoms with Crippen LogP contribution < -0.4 is 10.1 Å². The minimum Gasteiger partial charge on any atom is -0.491 e. The Balaban J connectivity index is 1.54. The first-order chi connectivity index (χ1) is 12.2. The second-order valence-electron chi connectivity index (χ2n) is 6.88. The molecule has 1 amide bonds. The van der Waals surface area contributed by atoms with Crippen molar-refractivity contribution in [1.82, 2.24) is 10.2 Å². The minimum absolute atomic E-state index is 0.0416. The maximum absolute atomic E-state index is 12.6.